The molecule has 4 heteroatoms. The molecule has 1 aromatic carbocycles. The van der Waals surface area contributed by atoms with E-state index in [1.807, 2.05) is 0 Å². The summed E-state index contributed by atoms with van der Waals surface area (Å²) in [5, 5.41) is 0. The molecule has 0 spiro atoms. The number of benzene rings is 1. The molecule has 0 amide bonds. The van der Waals surface area contributed by atoms with Crippen LogP contribution in [0.5, 0.6) is 5.75 Å². The number of para-hydroxylation sites is 1. The van der Waals surface area contributed by atoms with Gasteiger partial charge in [-0.1, -0.05) is 18.2 Å². The minimum absolute atomic E-state index is 0.0352. The summed E-state index contributed by atoms with van der Waals surface area (Å²) in [7, 11) is 1.72. The average molecular weight is 250 g/mol. The van der Waals surface area contributed by atoms with E-state index in [4.69, 9.17) is 15.3 Å². The maximum atomic E-state index is 5.72. The van der Waals surface area contributed by atoms with Gasteiger partial charge in [-0.05, 0) is 25.8 Å². The lowest BCUT2D eigenvalue weighted by Gasteiger charge is -2.29. The molecule has 1 heterocycles. The maximum absolute atomic E-state index is 5.72. The summed E-state index contributed by atoms with van der Waals surface area (Å²) in [5.41, 5.74) is 5.04. The fourth-order valence-electron chi connectivity index (χ4n) is 2.35. The quantitative estimate of drug-likeness (QED) is 0.619. The predicted molar refractivity (Wildman–Crippen MR) is 71.4 cm³/mol. The van der Waals surface area contributed by atoms with Gasteiger partial charge in [0.25, 0.3) is 0 Å². The van der Waals surface area contributed by atoms with Gasteiger partial charge in [-0.3, -0.25) is 11.3 Å². The lowest BCUT2D eigenvalue weighted by Crippen LogP contribution is -2.35. The van der Waals surface area contributed by atoms with Gasteiger partial charge in [-0.25, -0.2) is 0 Å². The number of methoxy groups -OCH3 is 1. The first-order valence-electron chi connectivity index (χ1n) is 6.33. The molecule has 1 atom stereocenters. The van der Waals surface area contributed by atoms with Gasteiger partial charge >= 0.3 is 0 Å². The Morgan fingerprint density at radius 2 is 2.28 bits per heavy atom. The zero-order chi connectivity index (χ0) is 13.2. The van der Waals surface area contributed by atoms with Crippen molar-refractivity contribution in [2.45, 2.75) is 38.3 Å². The summed E-state index contributed by atoms with van der Waals surface area (Å²) in [6.45, 7) is 4.88. The van der Waals surface area contributed by atoms with Gasteiger partial charge in [-0.2, -0.15) is 0 Å². The molecule has 1 aliphatic heterocycles. The standard InChI is InChI=1S/C14H22N2O2/c1-14(2,17-3)9-12(16-15)11-6-4-5-10-7-8-18-13(10)11/h4-6,12,16H,7-9,15H2,1-3H3. The summed E-state index contributed by atoms with van der Waals surface area (Å²) in [5.74, 6) is 6.69. The van der Waals surface area contributed by atoms with Crippen LogP contribution in [0, 0.1) is 0 Å². The Bertz CT molecular complexity index is 418. The topological polar surface area (TPSA) is 56.5 Å². The summed E-state index contributed by atoms with van der Waals surface area (Å²) in [6.07, 6.45) is 1.77. The third-order valence-corrected chi connectivity index (χ3v) is 3.57. The van der Waals surface area contributed by atoms with Crippen LogP contribution in [0.4, 0.5) is 0 Å². The second-order valence-corrected chi connectivity index (χ2v) is 5.32. The second-order valence-electron chi connectivity index (χ2n) is 5.32. The lowest BCUT2D eigenvalue weighted by molar-refractivity contribution is 0.00665. The molecule has 1 aliphatic rings. The van der Waals surface area contributed by atoms with Gasteiger partial charge in [0, 0.05) is 19.1 Å². The van der Waals surface area contributed by atoms with E-state index < -0.39 is 0 Å². The monoisotopic (exact) mass is 250 g/mol. The molecule has 1 aromatic rings. The molecular formula is C14H22N2O2. The SMILES string of the molecule is COC(C)(C)CC(NN)c1cccc2c1OCC2. The van der Waals surface area contributed by atoms with Crippen molar-refractivity contribution in [2.75, 3.05) is 13.7 Å². The summed E-state index contributed by atoms with van der Waals surface area (Å²) in [6, 6.07) is 6.28. The molecule has 0 fully saturated rings. The lowest BCUT2D eigenvalue weighted by atomic mass is 9.92. The van der Waals surface area contributed by atoms with E-state index in [9.17, 15) is 0 Å². The van der Waals surface area contributed by atoms with Gasteiger partial charge < -0.3 is 9.47 Å². The van der Waals surface area contributed by atoms with E-state index in [1.165, 1.54) is 5.56 Å². The number of fused-ring (bicyclic) bond motifs is 1. The molecule has 0 bridgehead atoms. The zero-order valence-corrected chi connectivity index (χ0v) is 11.3. The molecule has 0 aromatic heterocycles. The van der Waals surface area contributed by atoms with Gasteiger partial charge in [0.05, 0.1) is 18.2 Å². The first kappa shape index (κ1) is 13.3. The third kappa shape index (κ3) is 2.66. The van der Waals surface area contributed by atoms with E-state index in [2.05, 4.69) is 37.5 Å². The minimum atomic E-state index is -0.224. The predicted octanol–water partition coefficient (Wildman–Crippen LogP) is 1.94. The Balaban J connectivity index is 2.26. The average Bonchev–Trinajstić information content (AvgIpc) is 2.84. The number of rotatable bonds is 5. The van der Waals surface area contributed by atoms with Crippen LogP contribution in [-0.2, 0) is 11.2 Å². The van der Waals surface area contributed by atoms with Crippen molar-refractivity contribution in [3.05, 3.63) is 29.3 Å². The Morgan fingerprint density at radius 1 is 1.50 bits per heavy atom. The van der Waals surface area contributed by atoms with Crippen molar-refractivity contribution in [1.29, 1.82) is 0 Å². The number of hydrogen-bond acceptors (Lipinski definition) is 4. The van der Waals surface area contributed by atoms with E-state index in [1.54, 1.807) is 7.11 Å². The van der Waals surface area contributed by atoms with Crippen LogP contribution < -0.4 is 16.0 Å². The molecule has 4 nitrogen and oxygen atoms in total. The third-order valence-electron chi connectivity index (χ3n) is 3.57. The highest BCUT2D eigenvalue weighted by molar-refractivity contribution is 5.45. The van der Waals surface area contributed by atoms with E-state index in [0.29, 0.717) is 0 Å². The normalized spacial score (nSPS) is 16.2. The van der Waals surface area contributed by atoms with Crippen LogP contribution in [0.3, 0.4) is 0 Å². The van der Waals surface area contributed by atoms with Crippen molar-refractivity contribution < 1.29 is 9.47 Å². The van der Waals surface area contributed by atoms with Crippen LogP contribution in [-0.4, -0.2) is 19.3 Å². The highest BCUT2D eigenvalue weighted by Crippen LogP contribution is 2.36. The number of nitrogens with one attached hydrogen (secondary N) is 1. The van der Waals surface area contributed by atoms with Gasteiger partial charge in [0.2, 0.25) is 0 Å². The summed E-state index contributed by atoms with van der Waals surface area (Å²) >= 11 is 0. The van der Waals surface area contributed by atoms with Crippen LogP contribution in [0.2, 0.25) is 0 Å². The largest absolute Gasteiger partial charge is 0.493 e. The molecule has 18 heavy (non-hydrogen) atoms. The summed E-state index contributed by atoms with van der Waals surface area (Å²) in [4.78, 5) is 0. The fraction of sp³-hybridized carbons (Fsp3) is 0.571. The Labute approximate surface area is 108 Å². The van der Waals surface area contributed by atoms with Crippen LogP contribution in [0.1, 0.15) is 37.4 Å². The smallest absolute Gasteiger partial charge is 0.127 e. The van der Waals surface area contributed by atoms with Crippen LogP contribution in [0.25, 0.3) is 0 Å². The molecule has 2 rings (SSSR count). The van der Waals surface area contributed by atoms with Gasteiger partial charge in [-0.15, -0.1) is 0 Å². The van der Waals surface area contributed by atoms with E-state index >= 15 is 0 Å². The Hall–Kier alpha value is -1.10. The molecule has 0 radical (unpaired) electrons. The van der Waals surface area contributed by atoms with Crippen molar-refractivity contribution in [2.24, 2.45) is 5.84 Å². The Morgan fingerprint density at radius 3 is 2.94 bits per heavy atom. The highest BCUT2D eigenvalue weighted by Gasteiger charge is 2.27. The molecule has 0 saturated heterocycles. The number of nitrogens with two attached hydrogens (primary N) is 1. The van der Waals surface area contributed by atoms with Gasteiger partial charge in [0.1, 0.15) is 5.75 Å². The van der Waals surface area contributed by atoms with Crippen molar-refractivity contribution in [1.82, 2.24) is 5.43 Å². The number of hydrazine groups is 1. The maximum Gasteiger partial charge on any atom is 0.127 e. The molecule has 1 unspecified atom stereocenters. The fourth-order valence-corrected chi connectivity index (χ4v) is 2.35. The number of hydrogen-bond donors (Lipinski definition) is 2. The minimum Gasteiger partial charge on any atom is -0.493 e. The summed E-state index contributed by atoms with van der Waals surface area (Å²) < 4.78 is 11.2. The molecule has 0 aliphatic carbocycles. The van der Waals surface area contributed by atoms with Crippen LogP contribution in [0.15, 0.2) is 18.2 Å². The zero-order valence-electron chi connectivity index (χ0n) is 11.3. The number of ether oxygens (including phenoxy) is 2. The molecule has 0 saturated carbocycles. The second kappa shape index (κ2) is 5.26. The van der Waals surface area contributed by atoms with E-state index in [0.717, 1.165) is 30.8 Å². The first-order chi connectivity index (χ1) is 8.57. The van der Waals surface area contributed by atoms with Gasteiger partial charge in [0.15, 0.2) is 0 Å². The van der Waals surface area contributed by atoms with E-state index in [-0.39, 0.29) is 11.6 Å². The first-order valence-corrected chi connectivity index (χ1v) is 6.33. The van der Waals surface area contributed by atoms with Crippen molar-refractivity contribution >= 4 is 0 Å². The Kier molecular flexibility index (Phi) is 3.90. The van der Waals surface area contributed by atoms with Crippen molar-refractivity contribution in [3.8, 4) is 5.75 Å². The molecule has 100 valence electrons. The highest BCUT2D eigenvalue weighted by atomic mass is 16.5. The molecular weight excluding hydrogens is 228 g/mol. The van der Waals surface area contributed by atoms with Crippen molar-refractivity contribution in [3.63, 3.8) is 0 Å². The molecule has 3 N–H and O–H groups in total. The van der Waals surface area contributed by atoms with Crippen LogP contribution >= 0.6 is 0 Å².